The van der Waals surface area contributed by atoms with Gasteiger partial charge in [-0.15, -0.1) is 0 Å². The van der Waals surface area contributed by atoms with Gasteiger partial charge in [0.1, 0.15) is 6.04 Å². The summed E-state index contributed by atoms with van der Waals surface area (Å²) < 4.78 is 9.47. The highest BCUT2D eigenvalue weighted by Crippen LogP contribution is 2.27. The van der Waals surface area contributed by atoms with E-state index in [0.717, 1.165) is 0 Å². The number of hydrogen-bond acceptors (Lipinski definition) is 7. The highest BCUT2D eigenvalue weighted by Gasteiger charge is 2.34. The molecule has 0 saturated carbocycles. The predicted octanol–water partition coefficient (Wildman–Crippen LogP) is 1.95. The minimum atomic E-state index is -1.14. The maximum atomic E-state index is 12.3. The van der Waals surface area contributed by atoms with Crippen molar-refractivity contribution in [2.45, 2.75) is 38.6 Å². The molecular formula is C18H24N2O7. The smallest absolute Gasteiger partial charge is 0.329 e. The summed E-state index contributed by atoms with van der Waals surface area (Å²) in [6.07, 6.45) is -0.0191. The number of benzene rings is 1. The normalized spacial score (nSPS) is 12.8. The molecule has 0 radical (unpaired) electrons. The number of rotatable bonds is 9. The van der Waals surface area contributed by atoms with Crippen LogP contribution in [0.2, 0.25) is 0 Å². The van der Waals surface area contributed by atoms with Crippen molar-refractivity contribution in [2.75, 3.05) is 14.2 Å². The zero-order valence-corrected chi connectivity index (χ0v) is 15.8. The van der Waals surface area contributed by atoms with Crippen molar-refractivity contribution in [1.82, 2.24) is 5.32 Å². The number of ether oxygens (including phenoxy) is 2. The van der Waals surface area contributed by atoms with E-state index in [0.29, 0.717) is 5.56 Å². The summed E-state index contributed by atoms with van der Waals surface area (Å²) in [5.41, 5.74) is 0.334. The molecule has 27 heavy (non-hydrogen) atoms. The van der Waals surface area contributed by atoms with Gasteiger partial charge in [0.2, 0.25) is 5.91 Å². The maximum Gasteiger partial charge on any atom is 0.329 e. The molecular weight excluding hydrogens is 356 g/mol. The second kappa shape index (κ2) is 10.2. The molecule has 0 aliphatic rings. The van der Waals surface area contributed by atoms with Gasteiger partial charge in [0.15, 0.2) is 0 Å². The molecule has 9 heteroatoms. The van der Waals surface area contributed by atoms with E-state index >= 15 is 0 Å². The number of esters is 2. The van der Waals surface area contributed by atoms with E-state index in [1.165, 1.54) is 38.5 Å². The summed E-state index contributed by atoms with van der Waals surface area (Å²) in [6.45, 7) is 3.71. The Morgan fingerprint density at radius 3 is 2.11 bits per heavy atom. The van der Waals surface area contributed by atoms with Gasteiger partial charge in [-0.3, -0.25) is 19.7 Å². The Hall–Kier alpha value is -2.97. The van der Waals surface area contributed by atoms with E-state index in [9.17, 15) is 24.5 Å². The first-order valence-corrected chi connectivity index (χ1v) is 8.37. The molecule has 1 amide bonds. The minimum absolute atomic E-state index is 0.0710. The SMILES string of the molecule is COC(=O)C[C@@H](c1ccc([N+](=O)[O-])cc1)[C@@H](NC(=O)CC(C)C)C(=O)OC. The highest BCUT2D eigenvalue weighted by molar-refractivity contribution is 5.86. The molecule has 0 saturated heterocycles. The zero-order valence-electron chi connectivity index (χ0n) is 15.8. The number of non-ortho nitro benzene ring substituents is 1. The Morgan fingerprint density at radius 1 is 1.07 bits per heavy atom. The molecule has 148 valence electrons. The zero-order chi connectivity index (χ0) is 20.6. The number of amides is 1. The van der Waals surface area contributed by atoms with Gasteiger partial charge in [-0.1, -0.05) is 26.0 Å². The van der Waals surface area contributed by atoms with E-state index < -0.39 is 28.8 Å². The molecule has 0 aliphatic heterocycles. The molecule has 1 rings (SSSR count). The summed E-state index contributed by atoms with van der Waals surface area (Å²) >= 11 is 0. The van der Waals surface area contributed by atoms with Gasteiger partial charge in [0.05, 0.1) is 25.6 Å². The molecule has 0 heterocycles. The molecule has 0 aromatic heterocycles. The van der Waals surface area contributed by atoms with Crippen LogP contribution in [-0.4, -0.2) is 43.0 Å². The summed E-state index contributed by atoms with van der Waals surface area (Å²) in [5, 5.41) is 13.5. The van der Waals surface area contributed by atoms with E-state index in [4.69, 9.17) is 4.74 Å². The minimum Gasteiger partial charge on any atom is -0.469 e. The van der Waals surface area contributed by atoms with Crippen LogP contribution in [0.3, 0.4) is 0 Å². The molecule has 1 aromatic rings. The van der Waals surface area contributed by atoms with Gasteiger partial charge in [0.25, 0.3) is 5.69 Å². The third kappa shape index (κ3) is 6.69. The maximum absolute atomic E-state index is 12.3. The Labute approximate surface area is 157 Å². The van der Waals surface area contributed by atoms with Crippen LogP contribution in [0.15, 0.2) is 24.3 Å². The number of carbonyl (C=O) groups excluding carboxylic acids is 3. The topological polar surface area (TPSA) is 125 Å². The van der Waals surface area contributed by atoms with Crippen molar-refractivity contribution in [2.24, 2.45) is 5.92 Å². The van der Waals surface area contributed by atoms with Gasteiger partial charge in [-0.25, -0.2) is 4.79 Å². The van der Waals surface area contributed by atoms with Crippen LogP contribution < -0.4 is 5.32 Å². The Bertz CT molecular complexity index is 685. The molecule has 1 N–H and O–H groups in total. The van der Waals surface area contributed by atoms with Crippen molar-refractivity contribution < 1.29 is 28.8 Å². The molecule has 2 atom stereocenters. The van der Waals surface area contributed by atoms with Crippen LogP contribution in [0.4, 0.5) is 5.69 Å². The molecule has 1 aromatic carbocycles. The summed E-state index contributed by atoms with van der Waals surface area (Å²) in [4.78, 5) is 46.6. The first-order valence-electron chi connectivity index (χ1n) is 8.37. The van der Waals surface area contributed by atoms with Gasteiger partial charge in [-0.05, 0) is 11.5 Å². The number of hydrogen-bond donors (Lipinski definition) is 1. The standard InChI is InChI=1S/C18H24N2O7/c1-11(2)9-15(21)19-17(18(23)27-4)14(10-16(22)26-3)12-5-7-13(8-6-12)20(24)25/h5-8,11,14,17H,9-10H2,1-4H3,(H,19,21)/t14-,17+/m0/s1. The van der Waals surface area contributed by atoms with Crippen molar-refractivity contribution in [3.63, 3.8) is 0 Å². The molecule has 0 fully saturated rings. The number of methoxy groups -OCH3 is 2. The lowest BCUT2D eigenvalue weighted by Crippen LogP contribution is -2.46. The third-order valence-corrected chi connectivity index (χ3v) is 3.91. The highest BCUT2D eigenvalue weighted by atomic mass is 16.6. The number of carbonyl (C=O) groups is 3. The first kappa shape index (κ1) is 22.1. The van der Waals surface area contributed by atoms with Gasteiger partial charge in [0, 0.05) is 24.5 Å². The molecule has 0 unspecified atom stereocenters. The lowest BCUT2D eigenvalue weighted by molar-refractivity contribution is -0.384. The Balaban J connectivity index is 3.24. The van der Waals surface area contributed by atoms with Gasteiger partial charge >= 0.3 is 11.9 Å². The summed E-state index contributed by atoms with van der Waals surface area (Å²) in [5.74, 6) is -2.41. The van der Waals surface area contributed by atoms with Gasteiger partial charge in [-0.2, -0.15) is 0 Å². The fourth-order valence-electron chi connectivity index (χ4n) is 2.59. The van der Waals surface area contributed by atoms with Crippen molar-refractivity contribution in [3.8, 4) is 0 Å². The van der Waals surface area contributed by atoms with Crippen molar-refractivity contribution in [1.29, 1.82) is 0 Å². The summed E-state index contributed by atoms with van der Waals surface area (Å²) in [7, 11) is 2.38. The average molecular weight is 380 g/mol. The second-order valence-corrected chi connectivity index (χ2v) is 6.40. The van der Waals surface area contributed by atoms with Crippen LogP contribution in [0.25, 0.3) is 0 Å². The monoisotopic (exact) mass is 380 g/mol. The largest absolute Gasteiger partial charge is 0.469 e. The predicted molar refractivity (Wildman–Crippen MR) is 95.9 cm³/mol. The van der Waals surface area contributed by atoms with Crippen LogP contribution in [0.5, 0.6) is 0 Å². The van der Waals surface area contributed by atoms with Crippen LogP contribution >= 0.6 is 0 Å². The number of nitrogens with zero attached hydrogens (tertiary/aromatic N) is 1. The fourth-order valence-corrected chi connectivity index (χ4v) is 2.59. The van der Waals surface area contributed by atoms with E-state index in [2.05, 4.69) is 10.1 Å². The lowest BCUT2D eigenvalue weighted by Gasteiger charge is -2.26. The molecule has 0 spiro atoms. The van der Waals surface area contributed by atoms with E-state index in [-0.39, 0.29) is 30.4 Å². The van der Waals surface area contributed by atoms with Crippen molar-refractivity contribution >= 4 is 23.5 Å². The van der Waals surface area contributed by atoms with Crippen molar-refractivity contribution in [3.05, 3.63) is 39.9 Å². The van der Waals surface area contributed by atoms with E-state index in [1.807, 2.05) is 13.8 Å². The number of nitrogens with one attached hydrogen (secondary N) is 1. The van der Waals surface area contributed by atoms with Gasteiger partial charge < -0.3 is 14.8 Å². The molecule has 0 aliphatic carbocycles. The number of nitro benzene ring substituents is 1. The molecule has 9 nitrogen and oxygen atoms in total. The number of nitro groups is 1. The lowest BCUT2D eigenvalue weighted by atomic mass is 9.88. The molecule has 0 bridgehead atoms. The van der Waals surface area contributed by atoms with Crippen LogP contribution in [0.1, 0.15) is 38.2 Å². The Morgan fingerprint density at radius 2 is 1.67 bits per heavy atom. The average Bonchev–Trinajstić information content (AvgIpc) is 2.63. The first-order chi connectivity index (χ1) is 12.7. The van der Waals surface area contributed by atoms with Crippen LogP contribution in [0, 0.1) is 16.0 Å². The Kier molecular flexibility index (Phi) is 8.37. The fraction of sp³-hybridized carbons (Fsp3) is 0.500. The van der Waals surface area contributed by atoms with Crippen LogP contribution in [-0.2, 0) is 23.9 Å². The second-order valence-electron chi connectivity index (χ2n) is 6.40. The summed E-state index contributed by atoms with van der Waals surface area (Å²) in [6, 6.07) is 4.28. The third-order valence-electron chi connectivity index (χ3n) is 3.91. The quantitative estimate of drug-likeness (QED) is 0.394. The van der Waals surface area contributed by atoms with E-state index in [1.54, 1.807) is 0 Å².